The second kappa shape index (κ2) is 9.10. The van der Waals surface area contributed by atoms with Crippen LogP contribution in [0, 0.1) is 24.4 Å². The summed E-state index contributed by atoms with van der Waals surface area (Å²) in [5.74, 6) is -3.20. The summed E-state index contributed by atoms with van der Waals surface area (Å²) < 4.78 is 52.0. The number of ether oxygens (including phenoxy) is 2. The van der Waals surface area contributed by atoms with Gasteiger partial charge in [-0.15, -0.1) is 0 Å². The number of hydrogen-bond donors (Lipinski definition) is 1. The van der Waals surface area contributed by atoms with E-state index in [0.29, 0.717) is 24.7 Å². The van der Waals surface area contributed by atoms with Crippen molar-refractivity contribution in [2.75, 3.05) is 33.9 Å². The van der Waals surface area contributed by atoms with E-state index >= 15 is 0 Å². The summed E-state index contributed by atoms with van der Waals surface area (Å²) in [5.41, 5.74) is 1.49. The van der Waals surface area contributed by atoms with E-state index in [1.54, 1.807) is 24.1 Å². The monoisotopic (exact) mass is 461 g/mol. The number of benzene rings is 2. The van der Waals surface area contributed by atoms with Gasteiger partial charge in [-0.25, -0.2) is 28.0 Å². The lowest BCUT2D eigenvalue weighted by atomic mass is 10.1. The van der Waals surface area contributed by atoms with Gasteiger partial charge in [-0.3, -0.25) is 15.1 Å². The van der Waals surface area contributed by atoms with Crippen LogP contribution in [0.25, 0.3) is 0 Å². The van der Waals surface area contributed by atoms with Crippen molar-refractivity contribution in [2.45, 2.75) is 13.0 Å². The average Bonchev–Trinajstić information content (AvgIpc) is 3.23. The normalized spacial score (nSPS) is 19.0. The number of methoxy groups -OCH3 is 1. The molecule has 2 heterocycles. The number of amides is 2. The van der Waals surface area contributed by atoms with Crippen LogP contribution in [0.4, 0.5) is 23.7 Å². The Kier molecular flexibility index (Phi) is 6.23. The number of fused-ring (bicyclic) bond motifs is 1. The fourth-order valence-electron chi connectivity index (χ4n) is 3.57. The van der Waals surface area contributed by atoms with Gasteiger partial charge in [0.2, 0.25) is 11.9 Å². The van der Waals surface area contributed by atoms with Crippen LogP contribution in [0.3, 0.4) is 0 Å². The molecule has 0 bridgehead atoms. The molecular weight excluding hydrogens is 439 g/mol. The van der Waals surface area contributed by atoms with E-state index in [2.05, 4.69) is 15.3 Å². The molecule has 8 nitrogen and oxygen atoms in total. The predicted octanol–water partition coefficient (Wildman–Crippen LogP) is 3.49. The molecule has 0 saturated carbocycles. The van der Waals surface area contributed by atoms with E-state index in [9.17, 15) is 18.0 Å². The van der Waals surface area contributed by atoms with Crippen LogP contribution in [0.15, 0.2) is 40.3 Å². The largest absolute Gasteiger partial charge is 0.491 e. The van der Waals surface area contributed by atoms with Gasteiger partial charge in [0.15, 0.2) is 17.5 Å². The fourth-order valence-corrected chi connectivity index (χ4v) is 3.57. The fraction of sp³-hybridized carbons (Fsp3) is 0.318. The topological polar surface area (TPSA) is 78.8 Å². The van der Waals surface area contributed by atoms with E-state index in [1.807, 2.05) is 13.0 Å². The minimum absolute atomic E-state index is 0.0946. The Balaban J connectivity index is 1.73. The van der Waals surface area contributed by atoms with Gasteiger partial charge in [0.1, 0.15) is 12.4 Å². The van der Waals surface area contributed by atoms with Gasteiger partial charge in [-0.05, 0) is 36.2 Å². The van der Waals surface area contributed by atoms with Crippen molar-refractivity contribution in [3.8, 4) is 5.75 Å². The van der Waals surface area contributed by atoms with Crippen LogP contribution in [0.1, 0.15) is 17.2 Å². The number of carbonyl (C=O) groups is 1. The lowest BCUT2D eigenvalue weighted by molar-refractivity contribution is 0.146. The summed E-state index contributed by atoms with van der Waals surface area (Å²) >= 11 is 0. The molecule has 0 aromatic heterocycles. The zero-order chi connectivity index (χ0) is 23.7. The number of nitrogens with zero attached hydrogens (tertiary/aromatic N) is 4. The number of aliphatic imine (C=N–C) groups is 2. The molecule has 4 rings (SSSR count). The van der Waals surface area contributed by atoms with Crippen molar-refractivity contribution in [2.24, 2.45) is 9.98 Å². The van der Waals surface area contributed by atoms with Gasteiger partial charge >= 0.3 is 6.03 Å². The Hall–Kier alpha value is -3.60. The molecule has 2 amide bonds. The minimum Gasteiger partial charge on any atom is -0.491 e. The first kappa shape index (κ1) is 22.6. The summed E-state index contributed by atoms with van der Waals surface area (Å²) in [4.78, 5) is 24.3. The molecule has 0 spiro atoms. The van der Waals surface area contributed by atoms with E-state index in [-0.39, 0.29) is 24.0 Å². The summed E-state index contributed by atoms with van der Waals surface area (Å²) in [5, 5.41) is 2.69. The van der Waals surface area contributed by atoms with Crippen LogP contribution in [-0.2, 0) is 4.74 Å². The Morgan fingerprint density at radius 1 is 1.18 bits per heavy atom. The summed E-state index contributed by atoms with van der Waals surface area (Å²) in [6.45, 7) is 2.71. The third-order valence-electron chi connectivity index (χ3n) is 5.34. The third kappa shape index (κ3) is 4.36. The zero-order valence-corrected chi connectivity index (χ0v) is 18.2. The number of urea groups is 1. The molecule has 0 radical (unpaired) electrons. The smallest absolute Gasteiger partial charge is 0.330 e. The van der Waals surface area contributed by atoms with Crippen molar-refractivity contribution in [1.82, 2.24) is 15.1 Å². The van der Waals surface area contributed by atoms with Gasteiger partial charge < -0.3 is 9.47 Å². The van der Waals surface area contributed by atoms with Crippen LogP contribution in [0.5, 0.6) is 5.75 Å². The number of carbonyl (C=O) groups excluding carboxylic acids is 1. The predicted molar refractivity (Wildman–Crippen MR) is 115 cm³/mol. The highest BCUT2D eigenvalue weighted by atomic mass is 19.2. The number of rotatable bonds is 6. The quantitative estimate of drug-likeness (QED) is 0.528. The Morgan fingerprint density at radius 3 is 2.61 bits per heavy atom. The van der Waals surface area contributed by atoms with Gasteiger partial charge in [0.05, 0.1) is 24.9 Å². The molecule has 1 atom stereocenters. The SMILES string of the molecule is COCCOc1ccc(C)c(N=C2NC(=O)N(C)C3=NCC(c4cc(F)c(F)c(F)c4)N23)c1. The molecular formula is C22H22F3N5O3. The standard InChI is InChI=1S/C22H22F3N5O3/c1-12-4-5-14(33-7-6-32-3)10-17(12)27-20-28-22(31)29(2)21-26-11-18(30(20)21)13-8-15(23)19(25)16(24)9-13/h4-5,8-10,18H,6-7,11H2,1-3H3,(H,27,28,31). The molecule has 1 unspecified atom stereocenters. The third-order valence-corrected chi connectivity index (χ3v) is 5.34. The first-order valence-electron chi connectivity index (χ1n) is 10.1. The van der Waals surface area contributed by atoms with Crippen LogP contribution < -0.4 is 10.1 Å². The Labute approximate surface area is 188 Å². The van der Waals surface area contributed by atoms with Crippen molar-refractivity contribution in [1.29, 1.82) is 0 Å². The molecule has 0 aliphatic carbocycles. The molecule has 2 aromatic rings. The maximum atomic E-state index is 13.9. The van der Waals surface area contributed by atoms with E-state index in [4.69, 9.17) is 9.47 Å². The molecule has 174 valence electrons. The molecule has 2 aliphatic rings. The molecule has 2 aromatic carbocycles. The molecule has 1 N–H and O–H groups in total. The van der Waals surface area contributed by atoms with E-state index in [0.717, 1.165) is 17.7 Å². The van der Waals surface area contributed by atoms with Crippen molar-refractivity contribution in [3.63, 3.8) is 0 Å². The maximum absolute atomic E-state index is 13.9. The molecule has 1 saturated heterocycles. The lowest BCUT2D eigenvalue weighted by Crippen LogP contribution is -2.61. The maximum Gasteiger partial charge on any atom is 0.330 e. The van der Waals surface area contributed by atoms with E-state index in [1.165, 1.54) is 11.9 Å². The second-order valence-corrected chi connectivity index (χ2v) is 7.54. The zero-order valence-electron chi connectivity index (χ0n) is 18.2. The van der Waals surface area contributed by atoms with Crippen molar-refractivity contribution in [3.05, 3.63) is 58.9 Å². The van der Waals surface area contributed by atoms with Gasteiger partial charge in [-0.2, -0.15) is 0 Å². The number of aryl methyl sites for hydroxylation is 1. The molecule has 2 aliphatic heterocycles. The lowest BCUT2D eigenvalue weighted by Gasteiger charge is -2.36. The minimum atomic E-state index is -1.54. The number of hydrogen-bond acceptors (Lipinski definition) is 5. The molecule has 1 fully saturated rings. The highest BCUT2D eigenvalue weighted by Crippen LogP contribution is 2.33. The average molecular weight is 461 g/mol. The van der Waals surface area contributed by atoms with E-state index < -0.39 is 29.5 Å². The summed E-state index contributed by atoms with van der Waals surface area (Å²) in [6, 6.07) is 5.99. The summed E-state index contributed by atoms with van der Waals surface area (Å²) in [7, 11) is 3.09. The second-order valence-electron chi connectivity index (χ2n) is 7.54. The highest BCUT2D eigenvalue weighted by molar-refractivity contribution is 6.16. The van der Waals surface area contributed by atoms with Crippen LogP contribution in [0.2, 0.25) is 0 Å². The first-order chi connectivity index (χ1) is 15.8. The molecule has 33 heavy (non-hydrogen) atoms. The van der Waals surface area contributed by atoms with Crippen LogP contribution in [-0.4, -0.2) is 61.7 Å². The first-order valence-corrected chi connectivity index (χ1v) is 10.1. The Morgan fingerprint density at radius 2 is 1.91 bits per heavy atom. The van der Waals surface area contributed by atoms with Crippen molar-refractivity contribution < 1.29 is 27.4 Å². The van der Waals surface area contributed by atoms with Gasteiger partial charge in [-0.1, -0.05) is 6.07 Å². The molecule has 11 heteroatoms. The summed E-state index contributed by atoms with van der Waals surface area (Å²) in [6.07, 6.45) is 0. The number of halogens is 3. The number of guanidine groups is 2. The number of nitrogens with one attached hydrogen (secondary N) is 1. The van der Waals surface area contributed by atoms with Crippen molar-refractivity contribution >= 4 is 23.6 Å². The highest BCUT2D eigenvalue weighted by Gasteiger charge is 2.41. The Bertz CT molecular complexity index is 1130. The van der Waals surface area contributed by atoms with Gasteiger partial charge in [0, 0.05) is 20.2 Å². The van der Waals surface area contributed by atoms with Crippen LogP contribution >= 0.6 is 0 Å². The van der Waals surface area contributed by atoms with Gasteiger partial charge in [0.25, 0.3) is 0 Å².